The SMILES string of the molecule is COc1ccc(C)cc1C(N)CCC(C)=O. The van der Waals surface area contributed by atoms with Crippen LogP contribution in [0, 0.1) is 6.92 Å². The highest BCUT2D eigenvalue weighted by molar-refractivity contribution is 5.75. The lowest BCUT2D eigenvalue weighted by Gasteiger charge is -2.15. The first-order chi connectivity index (χ1) is 7.54. The average molecular weight is 221 g/mol. The van der Waals surface area contributed by atoms with Gasteiger partial charge in [-0.05, 0) is 26.3 Å². The number of hydrogen-bond acceptors (Lipinski definition) is 3. The first-order valence-corrected chi connectivity index (χ1v) is 5.44. The summed E-state index contributed by atoms with van der Waals surface area (Å²) in [7, 11) is 1.63. The van der Waals surface area contributed by atoms with Crippen LogP contribution in [-0.4, -0.2) is 12.9 Å². The molecule has 0 radical (unpaired) electrons. The van der Waals surface area contributed by atoms with Gasteiger partial charge in [0.15, 0.2) is 0 Å². The Hall–Kier alpha value is -1.35. The molecule has 0 fully saturated rings. The summed E-state index contributed by atoms with van der Waals surface area (Å²) >= 11 is 0. The third-order valence-electron chi connectivity index (χ3n) is 2.59. The molecule has 16 heavy (non-hydrogen) atoms. The molecule has 0 bridgehead atoms. The molecule has 1 atom stereocenters. The molecule has 0 saturated heterocycles. The molecule has 0 amide bonds. The van der Waals surface area contributed by atoms with Gasteiger partial charge < -0.3 is 15.3 Å². The van der Waals surface area contributed by atoms with Crippen LogP contribution in [0.15, 0.2) is 18.2 Å². The number of nitrogens with two attached hydrogens (primary N) is 1. The van der Waals surface area contributed by atoms with Crippen molar-refractivity contribution in [2.45, 2.75) is 32.7 Å². The normalized spacial score (nSPS) is 12.2. The van der Waals surface area contributed by atoms with Gasteiger partial charge in [0.1, 0.15) is 11.5 Å². The number of carbonyl (C=O) groups is 1. The fourth-order valence-electron chi connectivity index (χ4n) is 1.66. The van der Waals surface area contributed by atoms with E-state index in [1.165, 1.54) is 0 Å². The Morgan fingerprint density at radius 3 is 2.75 bits per heavy atom. The smallest absolute Gasteiger partial charge is 0.129 e. The van der Waals surface area contributed by atoms with E-state index in [1.54, 1.807) is 14.0 Å². The van der Waals surface area contributed by atoms with Crippen LogP contribution in [0.25, 0.3) is 0 Å². The summed E-state index contributed by atoms with van der Waals surface area (Å²) in [5.41, 5.74) is 8.18. The largest absolute Gasteiger partial charge is 0.496 e. The number of ketones is 1. The second-order valence-corrected chi connectivity index (χ2v) is 4.09. The second kappa shape index (κ2) is 5.66. The van der Waals surface area contributed by atoms with Crippen LogP contribution in [0.2, 0.25) is 0 Å². The summed E-state index contributed by atoms with van der Waals surface area (Å²) in [6, 6.07) is 5.78. The zero-order valence-corrected chi connectivity index (χ0v) is 10.1. The zero-order valence-electron chi connectivity index (χ0n) is 10.1. The van der Waals surface area contributed by atoms with Crippen LogP contribution in [0.3, 0.4) is 0 Å². The lowest BCUT2D eigenvalue weighted by molar-refractivity contribution is -0.117. The molecule has 2 N–H and O–H groups in total. The van der Waals surface area contributed by atoms with Crippen LogP contribution in [0.4, 0.5) is 0 Å². The van der Waals surface area contributed by atoms with Gasteiger partial charge in [-0.2, -0.15) is 0 Å². The van der Waals surface area contributed by atoms with Crippen LogP contribution >= 0.6 is 0 Å². The Bertz CT molecular complexity index is 374. The van der Waals surface area contributed by atoms with E-state index in [2.05, 4.69) is 0 Å². The Balaban J connectivity index is 2.84. The maximum absolute atomic E-state index is 10.9. The van der Waals surface area contributed by atoms with Crippen molar-refractivity contribution in [3.63, 3.8) is 0 Å². The topological polar surface area (TPSA) is 52.3 Å². The number of Topliss-reactive ketones (excluding diaryl/α,β-unsaturated/α-hetero) is 1. The summed E-state index contributed by atoms with van der Waals surface area (Å²) in [6.45, 7) is 3.60. The van der Waals surface area contributed by atoms with Gasteiger partial charge in [-0.15, -0.1) is 0 Å². The zero-order chi connectivity index (χ0) is 12.1. The number of aryl methyl sites for hydroxylation is 1. The van der Waals surface area contributed by atoms with Gasteiger partial charge in [0.05, 0.1) is 7.11 Å². The van der Waals surface area contributed by atoms with E-state index in [9.17, 15) is 4.79 Å². The van der Waals surface area contributed by atoms with Gasteiger partial charge in [0.2, 0.25) is 0 Å². The lowest BCUT2D eigenvalue weighted by atomic mass is 9.99. The first-order valence-electron chi connectivity index (χ1n) is 5.44. The van der Waals surface area contributed by atoms with E-state index >= 15 is 0 Å². The Morgan fingerprint density at radius 1 is 1.50 bits per heavy atom. The fraction of sp³-hybridized carbons (Fsp3) is 0.462. The molecular weight excluding hydrogens is 202 g/mol. The van der Waals surface area contributed by atoms with Crippen molar-refractivity contribution in [1.29, 1.82) is 0 Å². The molecular formula is C13H19NO2. The summed E-state index contributed by atoms with van der Waals surface area (Å²) in [4.78, 5) is 10.9. The summed E-state index contributed by atoms with van der Waals surface area (Å²) in [5.74, 6) is 0.962. The molecule has 0 aromatic heterocycles. The van der Waals surface area contributed by atoms with E-state index in [1.807, 2.05) is 25.1 Å². The predicted octanol–water partition coefficient (Wildman–Crippen LogP) is 2.37. The number of benzene rings is 1. The van der Waals surface area contributed by atoms with Gasteiger partial charge >= 0.3 is 0 Å². The highest BCUT2D eigenvalue weighted by atomic mass is 16.5. The van der Waals surface area contributed by atoms with Gasteiger partial charge in [0, 0.05) is 18.0 Å². The van der Waals surface area contributed by atoms with Crippen LogP contribution in [0.5, 0.6) is 5.75 Å². The average Bonchev–Trinajstić information content (AvgIpc) is 2.25. The minimum atomic E-state index is -0.140. The fourth-order valence-corrected chi connectivity index (χ4v) is 1.66. The van der Waals surface area contributed by atoms with E-state index in [4.69, 9.17) is 10.5 Å². The van der Waals surface area contributed by atoms with Crippen molar-refractivity contribution in [3.8, 4) is 5.75 Å². The number of ether oxygens (including phenoxy) is 1. The molecule has 1 rings (SSSR count). The van der Waals surface area contributed by atoms with Gasteiger partial charge in [-0.1, -0.05) is 17.7 Å². The standard InChI is InChI=1S/C13H19NO2/c1-9-4-7-13(16-3)11(8-9)12(14)6-5-10(2)15/h4,7-8,12H,5-6,14H2,1-3H3. The summed E-state index contributed by atoms with van der Waals surface area (Å²) < 4.78 is 5.26. The molecule has 0 heterocycles. The first kappa shape index (κ1) is 12.7. The van der Waals surface area contributed by atoms with Crippen LogP contribution in [0.1, 0.15) is 36.9 Å². The molecule has 3 heteroatoms. The maximum atomic E-state index is 10.9. The van der Waals surface area contributed by atoms with Crippen molar-refractivity contribution >= 4 is 5.78 Å². The van der Waals surface area contributed by atoms with Crippen molar-refractivity contribution < 1.29 is 9.53 Å². The molecule has 1 aromatic rings. The Morgan fingerprint density at radius 2 is 2.19 bits per heavy atom. The molecule has 0 aliphatic heterocycles. The number of carbonyl (C=O) groups excluding carboxylic acids is 1. The van der Waals surface area contributed by atoms with Crippen molar-refractivity contribution in [3.05, 3.63) is 29.3 Å². The molecule has 0 aliphatic carbocycles. The molecule has 0 saturated carbocycles. The molecule has 0 aliphatic rings. The minimum Gasteiger partial charge on any atom is -0.496 e. The monoisotopic (exact) mass is 221 g/mol. The van der Waals surface area contributed by atoms with E-state index in [0.717, 1.165) is 16.9 Å². The van der Waals surface area contributed by atoms with E-state index in [0.29, 0.717) is 12.8 Å². The highest BCUT2D eigenvalue weighted by Crippen LogP contribution is 2.27. The third-order valence-corrected chi connectivity index (χ3v) is 2.59. The summed E-state index contributed by atoms with van der Waals surface area (Å²) in [5, 5.41) is 0. The van der Waals surface area contributed by atoms with Crippen LogP contribution in [-0.2, 0) is 4.79 Å². The number of methoxy groups -OCH3 is 1. The number of hydrogen-bond donors (Lipinski definition) is 1. The summed E-state index contributed by atoms with van der Waals surface area (Å²) in [6.07, 6.45) is 1.17. The molecule has 1 aromatic carbocycles. The van der Waals surface area contributed by atoms with Crippen LogP contribution < -0.4 is 10.5 Å². The maximum Gasteiger partial charge on any atom is 0.129 e. The molecule has 3 nitrogen and oxygen atoms in total. The van der Waals surface area contributed by atoms with Crippen molar-refractivity contribution in [1.82, 2.24) is 0 Å². The van der Waals surface area contributed by atoms with Gasteiger partial charge in [0.25, 0.3) is 0 Å². The Kier molecular flexibility index (Phi) is 4.50. The molecule has 1 unspecified atom stereocenters. The van der Waals surface area contributed by atoms with E-state index < -0.39 is 0 Å². The molecule has 0 spiro atoms. The predicted molar refractivity (Wildman–Crippen MR) is 64.6 cm³/mol. The minimum absolute atomic E-state index is 0.140. The molecule has 88 valence electrons. The highest BCUT2D eigenvalue weighted by Gasteiger charge is 2.12. The van der Waals surface area contributed by atoms with Gasteiger partial charge in [-0.3, -0.25) is 0 Å². The van der Waals surface area contributed by atoms with Gasteiger partial charge in [-0.25, -0.2) is 0 Å². The van der Waals surface area contributed by atoms with Crippen molar-refractivity contribution in [2.75, 3.05) is 7.11 Å². The Labute approximate surface area is 96.6 Å². The number of rotatable bonds is 5. The lowest BCUT2D eigenvalue weighted by Crippen LogP contribution is -2.13. The second-order valence-electron chi connectivity index (χ2n) is 4.09. The quantitative estimate of drug-likeness (QED) is 0.830. The van der Waals surface area contributed by atoms with E-state index in [-0.39, 0.29) is 11.8 Å². The van der Waals surface area contributed by atoms with Crippen molar-refractivity contribution in [2.24, 2.45) is 5.73 Å². The third kappa shape index (κ3) is 3.35.